The van der Waals surface area contributed by atoms with Gasteiger partial charge in [0.05, 0.1) is 17.7 Å². The summed E-state index contributed by atoms with van der Waals surface area (Å²) in [6.07, 6.45) is 1.22. The Morgan fingerprint density at radius 3 is 2.39 bits per heavy atom. The number of nitrogens with one attached hydrogen (secondary N) is 2. The fraction of sp³-hybridized carbons (Fsp3) is 0.0800. The molecule has 1 fully saturated rings. The zero-order valence-corrected chi connectivity index (χ0v) is 19.0. The summed E-state index contributed by atoms with van der Waals surface area (Å²) in [6, 6.07) is 19.6. The molecule has 3 aromatic rings. The first-order valence-electron chi connectivity index (χ1n) is 10.6. The zero-order chi connectivity index (χ0) is 25.7. The van der Waals surface area contributed by atoms with Gasteiger partial charge in [0.1, 0.15) is 5.57 Å². The predicted molar refractivity (Wildman–Crippen MR) is 130 cm³/mol. The van der Waals surface area contributed by atoms with Crippen LogP contribution in [0.1, 0.15) is 5.56 Å². The van der Waals surface area contributed by atoms with Gasteiger partial charge in [0.2, 0.25) is 5.75 Å². The number of benzene rings is 3. The van der Waals surface area contributed by atoms with E-state index in [1.165, 1.54) is 19.3 Å². The summed E-state index contributed by atoms with van der Waals surface area (Å²) in [5.41, 5.74) is 2.90. The number of carbonyl (C=O) groups excluding carboxylic acids is 3. The van der Waals surface area contributed by atoms with Crippen LogP contribution in [0.5, 0.6) is 11.5 Å². The van der Waals surface area contributed by atoms with E-state index in [0.717, 1.165) is 11.1 Å². The van der Waals surface area contributed by atoms with Gasteiger partial charge >= 0.3 is 5.69 Å². The molecule has 0 bridgehead atoms. The van der Waals surface area contributed by atoms with E-state index < -0.39 is 34.9 Å². The van der Waals surface area contributed by atoms with Gasteiger partial charge in [-0.1, -0.05) is 36.4 Å². The van der Waals surface area contributed by atoms with E-state index in [1.807, 2.05) is 0 Å². The molecule has 182 valence electrons. The van der Waals surface area contributed by atoms with Crippen molar-refractivity contribution in [2.24, 2.45) is 0 Å². The molecule has 0 aromatic heterocycles. The molecule has 11 heteroatoms. The van der Waals surface area contributed by atoms with Crippen LogP contribution in [-0.2, 0) is 14.4 Å². The van der Waals surface area contributed by atoms with Crippen LogP contribution in [0.2, 0.25) is 0 Å². The van der Waals surface area contributed by atoms with Crippen LogP contribution in [0.25, 0.3) is 6.08 Å². The third kappa shape index (κ3) is 5.14. The molecule has 3 amide bonds. The van der Waals surface area contributed by atoms with Gasteiger partial charge in [-0.3, -0.25) is 29.9 Å². The number of hydrogen-bond acceptors (Lipinski definition) is 7. The fourth-order valence-electron chi connectivity index (χ4n) is 3.46. The predicted octanol–water partition coefficient (Wildman–Crippen LogP) is 3.08. The number of nitrogens with zero attached hydrogens (tertiary/aromatic N) is 2. The second kappa shape index (κ2) is 10.4. The number of nitro benzene ring substituents is 1. The molecule has 1 aliphatic heterocycles. The summed E-state index contributed by atoms with van der Waals surface area (Å²) in [7, 11) is 1.28. The maximum atomic E-state index is 12.8. The minimum Gasteiger partial charge on any atom is -0.493 e. The van der Waals surface area contributed by atoms with Gasteiger partial charge in [-0.25, -0.2) is 5.01 Å². The Labute approximate surface area is 205 Å². The second-order valence-corrected chi connectivity index (χ2v) is 7.51. The van der Waals surface area contributed by atoms with Crippen LogP contribution >= 0.6 is 0 Å². The van der Waals surface area contributed by atoms with Crippen molar-refractivity contribution in [3.8, 4) is 11.5 Å². The number of hydrogen-bond donors (Lipinski definition) is 2. The number of para-hydroxylation sites is 2. The summed E-state index contributed by atoms with van der Waals surface area (Å²) in [6.45, 7) is -0.514. The van der Waals surface area contributed by atoms with Crippen molar-refractivity contribution in [2.75, 3.05) is 24.0 Å². The monoisotopic (exact) mass is 488 g/mol. The molecule has 0 spiro atoms. The van der Waals surface area contributed by atoms with Gasteiger partial charge in [0.15, 0.2) is 12.4 Å². The van der Waals surface area contributed by atoms with Crippen LogP contribution < -0.4 is 25.2 Å². The van der Waals surface area contributed by atoms with Crippen molar-refractivity contribution in [2.45, 2.75) is 0 Å². The van der Waals surface area contributed by atoms with Crippen LogP contribution in [0.15, 0.2) is 78.4 Å². The van der Waals surface area contributed by atoms with Gasteiger partial charge in [-0.2, -0.15) is 0 Å². The Bertz CT molecular complexity index is 1360. The Morgan fingerprint density at radius 2 is 1.75 bits per heavy atom. The molecule has 0 radical (unpaired) electrons. The molecule has 3 aromatic carbocycles. The first-order chi connectivity index (χ1) is 17.4. The van der Waals surface area contributed by atoms with Crippen molar-refractivity contribution in [1.82, 2.24) is 5.43 Å². The van der Waals surface area contributed by atoms with Crippen molar-refractivity contribution in [3.05, 3.63) is 94.0 Å². The Hall–Kier alpha value is -5.19. The Morgan fingerprint density at radius 1 is 1.08 bits per heavy atom. The lowest BCUT2D eigenvalue weighted by Crippen LogP contribution is -2.35. The number of rotatable bonds is 8. The molecule has 36 heavy (non-hydrogen) atoms. The van der Waals surface area contributed by atoms with Gasteiger partial charge in [0.25, 0.3) is 17.7 Å². The minimum atomic E-state index is -0.707. The molecule has 1 saturated heterocycles. The molecule has 0 aliphatic carbocycles. The van der Waals surface area contributed by atoms with Gasteiger partial charge in [0, 0.05) is 11.8 Å². The van der Waals surface area contributed by atoms with E-state index in [4.69, 9.17) is 9.47 Å². The molecule has 1 aliphatic rings. The Kier molecular flexibility index (Phi) is 6.91. The van der Waals surface area contributed by atoms with Gasteiger partial charge in [-0.15, -0.1) is 0 Å². The van der Waals surface area contributed by atoms with Gasteiger partial charge < -0.3 is 14.8 Å². The van der Waals surface area contributed by atoms with Crippen molar-refractivity contribution in [1.29, 1.82) is 0 Å². The third-order valence-electron chi connectivity index (χ3n) is 5.10. The highest BCUT2D eigenvalue weighted by Gasteiger charge is 2.34. The maximum Gasteiger partial charge on any atom is 0.315 e. The second-order valence-electron chi connectivity index (χ2n) is 7.51. The molecule has 0 saturated carbocycles. The normalized spacial score (nSPS) is 13.9. The lowest BCUT2D eigenvalue weighted by molar-refractivity contribution is -0.385. The Balaban J connectivity index is 1.59. The number of ether oxygens (including phenoxy) is 2. The summed E-state index contributed by atoms with van der Waals surface area (Å²) in [5.74, 6) is -2.12. The largest absolute Gasteiger partial charge is 0.493 e. The maximum absolute atomic E-state index is 12.8. The lowest BCUT2D eigenvalue weighted by Gasteiger charge is -2.14. The van der Waals surface area contributed by atoms with Crippen LogP contribution in [0.3, 0.4) is 0 Å². The highest BCUT2D eigenvalue weighted by molar-refractivity contribution is 6.31. The molecule has 2 N–H and O–H groups in total. The number of carbonyl (C=O) groups is 3. The molecule has 4 rings (SSSR count). The SMILES string of the molecule is COc1cc(C=C2C(=O)NN(c3ccccc3)C2=O)cc([N+](=O)[O-])c1OCC(=O)Nc1ccccc1. The number of hydrazine groups is 1. The molecule has 1 heterocycles. The van der Waals surface area contributed by atoms with Crippen LogP contribution in [0.4, 0.5) is 17.1 Å². The van der Waals surface area contributed by atoms with E-state index in [1.54, 1.807) is 60.7 Å². The molecule has 0 unspecified atom stereocenters. The topological polar surface area (TPSA) is 140 Å². The smallest absolute Gasteiger partial charge is 0.315 e. The highest BCUT2D eigenvalue weighted by atomic mass is 16.6. The standard InChI is InChI=1S/C25H20N4O7/c1-35-21-14-16(12-19-24(31)27-28(25(19)32)18-10-6-3-7-11-18)13-20(29(33)34)23(21)36-15-22(30)26-17-8-4-2-5-9-17/h2-14H,15H2,1H3,(H,26,30)(H,27,31). The quantitative estimate of drug-likeness (QED) is 0.215. The average Bonchev–Trinajstić information content (AvgIpc) is 3.16. The summed E-state index contributed by atoms with van der Waals surface area (Å²) in [5, 5.41) is 15.5. The number of anilines is 2. The molecule has 0 atom stereocenters. The van der Waals surface area contributed by atoms with E-state index in [9.17, 15) is 24.5 Å². The van der Waals surface area contributed by atoms with Crippen LogP contribution in [-0.4, -0.2) is 36.4 Å². The highest BCUT2D eigenvalue weighted by Crippen LogP contribution is 2.39. The molecular formula is C25H20N4O7. The van der Waals surface area contributed by atoms with Gasteiger partial charge in [-0.05, 0) is 42.0 Å². The van der Waals surface area contributed by atoms with E-state index in [-0.39, 0.29) is 22.6 Å². The molecular weight excluding hydrogens is 468 g/mol. The van der Waals surface area contributed by atoms with Crippen molar-refractivity contribution in [3.63, 3.8) is 0 Å². The number of methoxy groups -OCH3 is 1. The first kappa shape index (κ1) is 24.0. The zero-order valence-electron chi connectivity index (χ0n) is 19.0. The van der Waals surface area contributed by atoms with Crippen LogP contribution in [0, 0.1) is 10.1 Å². The fourth-order valence-corrected chi connectivity index (χ4v) is 3.46. The number of nitro groups is 1. The average molecular weight is 488 g/mol. The summed E-state index contributed by atoms with van der Waals surface area (Å²) in [4.78, 5) is 48.6. The first-order valence-corrected chi connectivity index (χ1v) is 10.6. The lowest BCUT2D eigenvalue weighted by atomic mass is 10.1. The minimum absolute atomic E-state index is 0.0469. The number of amides is 3. The van der Waals surface area contributed by atoms with Crippen molar-refractivity contribution < 1.29 is 28.8 Å². The summed E-state index contributed by atoms with van der Waals surface area (Å²) >= 11 is 0. The van der Waals surface area contributed by atoms with E-state index >= 15 is 0 Å². The van der Waals surface area contributed by atoms with E-state index in [0.29, 0.717) is 11.4 Å². The molecule has 11 nitrogen and oxygen atoms in total. The summed E-state index contributed by atoms with van der Waals surface area (Å²) < 4.78 is 10.7. The van der Waals surface area contributed by atoms with Crippen molar-refractivity contribution >= 4 is 40.9 Å². The third-order valence-corrected chi connectivity index (χ3v) is 5.10. The van der Waals surface area contributed by atoms with E-state index in [2.05, 4.69) is 10.7 Å².